The third-order valence-corrected chi connectivity index (χ3v) is 4.81. The van der Waals surface area contributed by atoms with E-state index in [4.69, 9.17) is 20.6 Å². The zero-order valence-electron chi connectivity index (χ0n) is 13.8. The predicted molar refractivity (Wildman–Crippen MR) is 93.6 cm³/mol. The van der Waals surface area contributed by atoms with Gasteiger partial charge in [0.1, 0.15) is 23.7 Å². The Morgan fingerprint density at radius 1 is 1.28 bits per heavy atom. The molecule has 25 heavy (non-hydrogen) atoms. The summed E-state index contributed by atoms with van der Waals surface area (Å²) in [6.07, 6.45) is -0.0897. The first-order chi connectivity index (χ1) is 11.9. The van der Waals surface area contributed by atoms with Gasteiger partial charge in [0.2, 0.25) is 5.91 Å². The standard InChI is InChI=1S/C17H17N3O4S/c1-8-13(25-7-20-8)6-23-11-3-4-12-16(10(11)5-14(18)21)15(17(19)22)9(2)24-12/h3-4,7H,5-6H2,1-2H3,(H2,18,21)(H2,19,22). The van der Waals surface area contributed by atoms with Gasteiger partial charge in [0.25, 0.3) is 5.91 Å². The number of nitrogens with zero attached hydrogens (tertiary/aromatic N) is 1. The van der Waals surface area contributed by atoms with E-state index >= 15 is 0 Å². The number of amides is 2. The van der Waals surface area contributed by atoms with Crippen molar-refractivity contribution in [2.75, 3.05) is 0 Å². The number of hydrogen-bond acceptors (Lipinski definition) is 6. The minimum atomic E-state index is -0.627. The normalized spacial score (nSPS) is 11.0. The molecule has 0 spiro atoms. The van der Waals surface area contributed by atoms with Crippen molar-refractivity contribution >= 4 is 34.1 Å². The van der Waals surface area contributed by atoms with Crippen LogP contribution >= 0.6 is 11.3 Å². The average molecular weight is 359 g/mol. The molecule has 0 fully saturated rings. The first-order valence-corrected chi connectivity index (χ1v) is 8.41. The number of thiazole rings is 1. The van der Waals surface area contributed by atoms with Gasteiger partial charge in [-0.15, -0.1) is 11.3 Å². The van der Waals surface area contributed by atoms with Crippen molar-refractivity contribution < 1.29 is 18.7 Å². The van der Waals surface area contributed by atoms with E-state index in [0.29, 0.717) is 34.6 Å². The Bertz CT molecular complexity index is 974. The van der Waals surface area contributed by atoms with Gasteiger partial charge in [-0.3, -0.25) is 9.59 Å². The minimum Gasteiger partial charge on any atom is -0.488 e. The minimum absolute atomic E-state index is 0.0897. The number of nitrogens with two attached hydrogens (primary N) is 2. The Hall–Kier alpha value is -2.87. The fourth-order valence-electron chi connectivity index (χ4n) is 2.75. The van der Waals surface area contributed by atoms with Crippen molar-refractivity contribution in [1.29, 1.82) is 0 Å². The number of aromatic nitrogens is 1. The van der Waals surface area contributed by atoms with Crippen LogP contribution in [0.5, 0.6) is 5.75 Å². The summed E-state index contributed by atoms with van der Waals surface area (Å²) in [5, 5.41) is 0.474. The maximum Gasteiger partial charge on any atom is 0.252 e. The van der Waals surface area contributed by atoms with E-state index in [1.807, 2.05) is 6.92 Å². The number of aryl methyl sites for hydroxylation is 2. The van der Waals surface area contributed by atoms with Crippen LogP contribution in [0.2, 0.25) is 0 Å². The number of benzene rings is 1. The lowest BCUT2D eigenvalue weighted by Gasteiger charge is -2.12. The summed E-state index contributed by atoms with van der Waals surface area (Å²) < 4.78 is 11.5. The van der Waals surface area contributed by atoms with Gasteiger partial charge in [-0.05, 0) is 26.0 Å². The monoisotopic (exact) mass is 359 g/mol. The molecule has 0 aliphatic carbocycles. The number of carbonyl (C=O) groups is 2. The third-order valence-electron chi connectivity index (χ3n) is 3.90. The highest BCUT2D eigenvalue weighted by Gasteiger charge is 2.22. The van der Waals surface area contributed by atoms with E-state index < -0.39 is 11.8 Å². The van der Waals surface area contributed by atoms with Crippen LogP contribution in [0, 0.1) is 13.8 Å². The second kappa shape index (κ2) is 6.56. The summed E-state index contributed by atoms with van der Waals surface area (Å²) in [6, 6.07) is 3.39. The van der Waals surface area contributed by atoms with Crippen LogP contribution < -0.4 is 16.2 Å². The Kier molecular flexibility index (Phi) is 4.45. The Labute approximate surface area is 147 Å². The Balaban J connectivity index is 2.10. The Morgan fingerprint density at radius 2 is 2.04 bits per heavy atom. The van der Waals surface area contributed by atoms with Crippen molar-refractivity contribution in [3.05, 3.63) is 45.1 Å². The predicted octanol–water partition coefficient (Wildman–Crippen LogP) is 2.21. The molecule has 4 N–H and O–H groups in total. The SMILES string of the molecule is Cc1ncsc1COc1ccc2oc(C)c(C(N)=O)c2c1CC(N)=O. The number of carbonyl (C=O) groups excluding carboxylic acids is 2. The maximum atomic E-state index is 11.8. The average Bonchev–Trinajstić information content (AvgIpc) is 3.08. The fourth-order valence-corrected chi connectivity index (χ4v) is 3.44. The van der Waals surface area contributed by atoms with Crippen LogP contribution in [0.25, 0.3) is 11.0 Å². The van der Waals surface area contributed by atoms with E-state index in [-0.39, 0.29) is 12.0 Å². The summed E-state index contributed by atoms with van der Waals surface area (Å²) in [4.78, 5) is 28.5. The van der Waals surface area contributed by atoms with Gasteiger partial charge in [-0.25, -0.2) is 4.98 Å². The highest BCUT2D eigenvalue weighted by atomic mass is 32.1. The molecule has 8 heteroatoms. The van der Waals surface area contributed by atoms with E-state index in [0.717, 1.165) is 10.6 Å². The van der Waals surface area contributed by atoms with Gasteiger partial charge in [0.05, 0.1) is 28.1 Å². The van der Waals surface area contributed by atoms with Crippen molar-refractivity contribution in [3.8, 4) is 5.75 Å². The van der Waals surface area contributed by atoms with Gasteiger partial charge in [-0.2, -0.15) is 0 Å². The van der Waals surface area contributed by atoms with Crippen LogP contribution in [0.15, 0.2) is 22.1 Å². The molecule has 0 unspecified atom stereocenters. The molecular formula is C17H17N3O4S. The zero-order chi connectivity index (χ0) is 18.1. The fraction of sp³-hybridized carbons (Fsp3) is 0.235. The highest BCUT2D eigenvalue weighted by Crippen LogP contribution is 2.35. The molecule has 130 valence electrons. The number of rotatable bonds is 6. The summed E-state index contributed by atoms with van der Waals surface area (Å²) in [5.74, 6) is -0.316. The first-order valence-electron chi connectivity index (χ1n) is 7.53. The topological polar surface area (TPSA) is 121 Å². The molecule has 0 radical (unpaired) electrons. The van der Waals surface area contributed by atoms with Crippen molar-refractivity contribution in [3.63, 3.8) is 0 Å². The summed E-state index contributed by atoms with van der Waals surface area (Å²) in [5.41, 5.74) is 14.7. The van der Waals surface area contributed by atoms with E-state index in [2.05, 4.69) is 4.98 Å². The molecule has 2 heterocycles. The lowest BCUT2D eigenvalue weighted by Crippen LogP contribution is -2.16. The number of primary amides is 2. The second-order valence-electron chi connectivity index (χ2n) is 5.61. The van der Waals surface area contributed by atoms with Crippen LogP contribution in [0.4, 0.5) is 0 Å². The smallest absolute Gasteiger partial charge is 0.252 e. The van der Waals surface area contributed by atoms with Crippen molar-refractivity contribution in [2.45, 2.75) is 26.9 Å². The van der Waals surface area contributed by atoms with Gasteiger partial charge in [-0.1, -0.05) is 0 Å². The summed E-state index contributed by atoms with van der Waals surface area (Å²) in [6.45, 7) is 3.85. The molecule has 7 nitrogen and oxygen atoms in total. The molecule has 0 saturated carbocycles. The number of furan rings is 1. The molecule has 1 aromatic carbocycles. The van der Waals surface area contributed by atoms with Gasteiger partial charge < -0.3 is 20.6 Å². The van der Waals surface area contributed by atoms with Gasteiger partial charge >= 0.3 is 0 Å². The van der Waals surface area contributed by atoms with Crippen LogP contribution in [0.1, 0.15) is 32.3 Å². The van der Waals surface area contributed by atoms with Gasteiger partial charge in [0.15, 0.2) is 0 Å². The van der Waals surface area contributed by atoms with E-state index in [9.17, 15) is 9.59 Å². The summed E-state index contributed by atoms with van der Waals surface area (Å²) in [7, 11) is 0. The number of hydrogen-bond donors (Lipinski definition) is 2. The number of fused-ring (bicyclic) bond motifs is 1. The second-order valence-corrected chi connectivity index (χ2v) is 6.54. The lowest BCUT2D eigenvalue weighted by atomic mass is 10.0. The zero-order valence-corrected chi connectivity index (χ0v) is 14.6. The molecule has 0 aliphatic rings. The molecule has 0 aliphatic heterocycles. The molecule has 0 bridgehead atoms. The molecule has 0 saturated heterocycles. The quantitative estimate of drug-likeness (QED) is 0.699. The molecule has 2 amide bonds. The molecular weight excluding hydrogens is 342 g/mol. The van der Waals surface area contributed by atoms with Crippen LogP contribution in [-0.2, 0) is 17.8 Å². The Morgan fingerprint density at radius 3 is 2.64 bits per heavy atom. The maximum absolute atomic E-state index is 11.8. The highest BCUT2D eigenvalue weighted by molar-refractivity contribution is 7.09. The summed E-state index contributed by atoms with van der Waals surface area (Å²) >= 11 is 1.48. The van der Waals surface area contributed by atoms with Crippen molar-refractivity contribution in [1.82, 2.24) is 4.98 Å². The molecule has 2 aromatic heterocycles. The molecule has 0 atom stereocenters. The van der Waals surface area contributed by atoms with E-state index in [1.165, 1.54) is 11.3 Å². The van der Waals surface area contributed by atoms with E-state index in [1.54, 1.807) is 24.6 Å². The molecule has 3 rings (SSSR count). The number of ether oxygens (including phenoxy) is 1. The lowest BCUT2D eigenvalue weighted by molar-refractivity contribution is -0.117. The van der Waals surface area contributed by atoms with Gasteiger partial charge in [0, 0.05) is 10.9 Å². The third kappa shape index (κ3) is 3.20. The van der Waals surface area contributed by atoms with Crippen LogP contribution in [0.3, 0.4) is 0 Å². The largest absolute Gasteiger partial charge is 0.488 e. The first kappa shape index (κ1) is 17.0. The van der Waals surface area contributed by atoms with Crippen molar-refractivity contribution in [2.24, 2.45) is 11.5 Å². The molecule has 3 aromatic rings. The van der Waals surface area contributed by atoms with Crippen LogP contribution in [-0.4, -0.2) is 16.8 Å².